The van der Waals surface area contributed by atoms with Gasteiger partial charge in [0.15, 0.2) is 0 Å². The van der Waals surface area contributed by atoms with Gasteiger partial charge in [0.2, 0.25) is 17.7 Å². The molecule has 0 aliphatic heterocycles. The normalized spacial score (nSPS) is 10.1. The second-order valence-electron chi connectivity index (χ2n) is 5.05. The second-order valence-corrected chi connectivity index (χ2v) is 5.05. The molecule has 1 aromatic carbocycles. The van der Waals surface area contributed by atoms with Gasteiger partial charge in [0.25, 0.3) is 0 Å². The summed E-state index contributed by atoms with van der Waals surface area (Å²) >= 11 is 0. The average molecular weight is 291 g/mol. The fraction of sp³-hybridized carbons (Fsp3) is 0.400. The highest BCUT2D eigenvalue weighted by Gasteiger charge is 2.16. The summed E-state index contributed by atoms with van der Waals surface area (Å²) in [7, 11) is 0. The van der Waals surface area contributed by atoms with Gasteiger partial charge in [-0.15, -0.1) is 0 Å². The number of nitrogens with one attached hydrogen (secondary N) is 2. The van der Waals surface area contributed by atoms with Gasteiger partial charge in [-0.25, -0.2) is 0 Å². The molecule has 0 unspecified atom stereocenters. The van der Waals surface area contributed by atoms with Crippen molar-refractivity contribution in [3.63, 3.8) is 0 Å². The third kappa shape index (κ3) is 5.64. The van der Waals surface area contributed by atoms with Gasteiger partial charge in [-0.05, 0) is 38.1 Å². The first-order chi connectivity index (χ1) is 9.79. The highest BCUT2D eigenvalue weighted by Crippen LogP contribution is 2.13. The Morgan fingerprint density at radius 1 is 1.00 bits per heavy atom. The first kappa shape index (κ1) is 16.7. The Balaban J connectivity index is 2.62. The molecule has 0 aliphatic rings. The quantitative estimate of drug-likeness (QED) is 0.869. The molecule has 6 nitrogen and oxygen atoms in total. The summed E-state index contributed by atoms with van der Waals surface area (Å²) in [4.78, 5) is 35.7. The molecule has 0 heterocycles. The fourth-order valence-electron chi connectivity index (χ4n) is 1.85. The van der Waals surface area contributed by atoms with Crippen LogP contribution >= 0.6 is 0 Å². The molecule has 0 spiro atoms. The van der Waals surface area contributed by atoms with Crippen LogP contribution in [0.5, 0.6) is 0 Å². The zero-order valence-corrected chi connectivity index (χ0v) is 12.8. The lowest BCUT2D eigenvalue weighted by Crippen LogP contribution is -2.41. The molecule has 0 aliphatic carbocycles. The lowest BCUT2D eigenvalue weighted by molar-refractivity contribution is -0.134. The molecule has 1 rings (SSSR count). The Bertz CT molecular complexity index is 523. The van der Waals surface area contributed by atoms with Crippen LogP contribution in [0, 0.1) is 0 Å². The number of nitrogens with zero attached hydrogens (tertiary/aromatic N) is 1. The van der Waals surface area contributed by atoms with Gasteiger partial charge in [-0.2, -0.15) is 0 Å². The maximum absolute atomic E-state index is 11.9. The predicted molar refractivity (Wildman–Crippen MR) is 81.9 cm³/mol. The van der Waals surface area contributed by atoms with E-state index in [0.717, 1.165) is 0 Å². The number of rotatable bonds is 5. The van der Waals surface area contributed by atoms with Gasteiger partial charge >= 0.3 is 0 Å². The van der Waals surface area contributed by atoms with E-state index < -0.39 is 0 Å². The van der Waals surface area contributed by atoms with Crippen LogP contribution in [-0.4, -0.2) is 35.2 Å². The molecule has 0 atom stereocenters. The van der Waals surface area contributed by atoms with Crippen molar-refractivity contribution < 1.29 is 14.4 Å². The number of carbonyl (C=O) groups excluding carboxylic acids is 3. The lowest BCUT2D eigenvalue weighted by Gasteiger charge is -2.24. The maximum atomic E-state index is 11.9. The van der Waals surface area contributed by atoms with E-state index in [9.17, 15) is 14.4 Å². The molecule has 1 aromatic rings. The zero-order chi connectivity index (χ0) is 16.0. The number of carbonyl (C=O) groups is 3. The number of anilines is 2. The summed E-state index contributed by atoms with van der Waals surface area (Å²) in [5.41, 5.74) is 1.27. The average Bonchev–Trinajstić information content (AvgIpc) is 2.37. The van der Waals surface area contributed by atoms with Crippen LogP contribution in [0.1, 0.15) is 27.7 Å². The highest BCUT2D eigenvalue weighted by molar-refractivity contribution is 5.95. The van der Waals surface area contributed by atoms with E-state index in [-0.39, 0.29) is 30.3 Å². The van der Waals surface area contributed by atoms with Crippen molar-refractivity contribution in [2.45, 2.75) is 33.7 Å². The van der Waals surface area contributed by atoms with Crippen LogP contribution in [0.2, 0.25) is 0 Å². The summed E-state index contributed by atoms with van der Waals surface area (Å²) in [6.07, 6.45) is 0. The maximum Gasteiger partial charge on any atom is 0.244 e. The second kappa shape index (κ2) is 7.42. The zero-order valence-electron chi connectivity index (χ0n) is 12.8. The standard InChI is InChI=1S/C15H21N3O3/c1-10(2)18(12(4)20)9-15(21)17-14-7-5-13(6-8-14)16-11(3)19/h5-8,10H,9H2,1-4H3,(H,16,19)(H,17,21). The van der Waals surface area contributed by atoms with E-state index in [1.807, 2.05) is 13.8 Å². The minimum Gasteiger partial charge on any atom is -0.331 e. The third-order valence-corrected chi connectivity index (χ3v) is 2.83. The Labute approximate surface area is 124 Å². The van der Waals surface area contributed by atoms with Crippen molar-refractivity contribution in [2.75, 3.05) is 17.2 Å². The summed E-state index contributed by atoms with van der Waals surface area (Å²) in [5.74, 6) is -0.548. The van der Waals surface area contributed by atoms with Crippen molar-refractivity contribution in [3.05, 3.63) is 24.3 Å². The van der Waals surface area contributed by atoms with E-state index in [0.29, 0.717) is 11.4 Å². The Morgan fingerprint density at radius 2 is 1.48 bits per heavy atom. The summed E-state index contributed by atoms with van der Waals surface area (Å²) in [6.45, 7) is 6.60. The molecule has 0 fully saturated rings. The van der Waals surface area contributed by atoms with Crippen molar-refractivity contribution in [1.82, 2.24) is 4.90 Å². The minimum absolute atomic E-state index is 0.0143. The summed E-state index contributed by atoms with van der Waals surface area (Å²) in [6, 6.07) is 6.74. The van der Waals surface area contributed by atoms with Crippen LogP contribution < -0.4 is 10.6 Å². The summed E-state index contributed by atoms with van der Waals surface area (Å²) in [5, 5.41) is 5.36. The van der Waals surface area contributed by atoms with Gasteiger partial charge in [0, 0.05) is 31.3 Å². The number of amides is 3. The first-order valence-electron chi connectivity index (χ1n) is 6.74. The van der Waals surface area contributed by atoms with Gasteiger partial charge < -0.3 is 15.5 Å². The van der Waals surface area contributed by atoms with Gasteiger partial charge in [-0.3, -0.25) is 14.4 Å². The summed E-state index contributed by atoms with van der Waals surface area (Å²) < 4.78 is 0. The molecule has 21 heavy (non-hydrogen) atoms. The predicted octanol–water partition coefficient (Wildman–Crippen LogP) is 1.84. The first-order valence-corrected chi connectivity index (χ1v) is 6.74. The van der Waals surface area contributed by atoms with Crippen molar-refractivity contribution in [1.29, 1.82) is 0 Å². The van der Waals surface area contributed by atoms with Crippen LogP contribution in [0.25, 0.3) is 0 Å². The topological polar surface area (TPSA) is 78.5 Å². The van der Waals surface area contributed by atoms with Crippen LogP contribution in [0.3, 0.4) is 0 Å². The van der Waals surface area contributed by atoms with Crippen molar-refractivity contribution in [3.8, 4) is 0 Å². The smallest absolute Gasteiger partial charge is 0.244 e. The van der Waals surface area contributed by atoms with Crippen LogP contribution in [0.4, 0.5) is 11.4 Å². The van der Waals surface area contributed by atoms with E-state index >= 15 is 0 Å². The van der Waals surface area contributed by atoms with E-state index in [2.05, 4.69) is 10.6 Å². The lowest BCUT2D eigenvalue weighted by atomic mass is 10.2. The highest BCUT2D eigenvalue weighted by atomic mass is 16.2. The molecule has 114 valence electrons. The van der Waals surface area contributed by atoms with E-state index in [4.69, 9.17) is 0 Å². The molecular formula is C15H21N3O3. The third-order valence-electron chi connectivity index (χ3n) is 2.83. The van der Waals surface area contributed by atoms with Gasteiger partial charge in [0.1, 0.15) is 6.54 Å². The molecular weight excluding hydrogens is 270 g/mol. The Hall–Kier alpha value is -2.37. The van der Waals surface area contributed by atoms with E-state index in [1.165, 1.54) is 18.7 Å². The largest absolute Gasteiger partial charge is 0.331 e. The SMILES string of the molecule is CC(=O)Nc1ccc(NC(=O)CN(C(C)=O)C(C)C)cc1. The number of benzene rings is 1. The van der Waals surface area contributed by atoms with Gasteiger partial charge in [-0.1, -0.05) is 0 Å². The monoisotopic (exact) mass is 291 g/mol. The number of hydrogen-bond acceptors (Lipinski definition) is 3. The minimum atomic E-state index is -0.258. The molecule has 3 amide bonds. The molecule has 0 aromatic heterocycles. The molecule has 2 N–H and O–H groups in total. The van der Waals surface area contributed by atoms with E-state index in [1.54, 1.807) is 24.3 Å². The fourth-order valence-corrected chi connectivity index (χ4v) is 1.85. The molecule has 0 saturated heterocycles. The molecule has 0 bridgehead atoms. The van der Waals surface area contributed by atoms with Crippen molar-refractivity contribution in [2.24, 2.45) is 0 Å². The van der Waals surface area contributed by atoms with Crippen LogP contribution in [-0.2, 0) is 14.4 Å². The molecule has 0 saturated carbocycles. The molecule has 0 radical (unpaired) electrons. The van der Waals surface area contributed by atoms with Crippen LogP contribution in [0.15, 0.2) is 24.3 Å². The van der Waals surface area contributed by atoms with Crippen molar-refractivity contribution >= 4 is 29.1 Å². The Morgan fingerprint density at radius 3 is 1.86 bits per heavy atom. The van der Waals surface area contributed by atoms with Gasteiger partial charge in [0.05, 0.1) is 0 Å². The Kier molecular flexibility index (Phi) is 5.90. The number of hydrogen-bond donors (Lipinski definition) is 2. The molecule has 6 heteroatoms.